The monoisotopic (exact) mass is 491 g/mol. The van der Waals surface area contributed by atoms with E-state index in [4.69, 9.17) is 4.43 Å². The third-order valence-electron chi connectivity index (χ3n) is 6.50. The van der Waals surface area contributed by atoms with Crippen LogP contribution in [0.15, 0.2) is 55.1 Å². The first-order valence-corrected chi connectivity index (χ1v) is 13.8. The lowest BCUT2D eigenvalue weighted by Crippen LogP contribution is -2.51. The molecule has 0 radical (unpaired) electrons. The molecule has 0 atom stereocenters. The van der Waals surface area contributed by atoms with E-state index in [1.54, 1.807) is 0 Å². The Morgan fingerprint density at radius 1 is 0.971 bits per heavy atom. The van der Waals surface area contributed by atoms with Crippen LogP contribution in [-0.2, 0) is 23.7 Å². The molecule has 0 aliphatic rings. The van der Waals surface area contributed by atoms with E-state index in [1.165, 1.54) is 17.0 Å². The second kappa shape index (κ2) is 11.3. The minimum atomic E-state index is -4.48. The number of carbonyl (C=O) groups is 1. The Hall–Kier alpha value is -2.54. The molecule has 2 aromatic rings. The van der Waals surface area contributed by atoms with Crippen LogP contribution < -0.4 is 0 Å². The van der Waals surface area contributed by atoms with Crippen LogP contribution in [0.25, 0.3) is 6.08 Å². The average Bonchev–Trinajstić information content (AvgIpc) is 2.76. The molecule has 0 spiro atoms. The number of hydrogen-bond donors (Lipinski definition) is 0. The lowest BCUT2D eigenvalue weighted by atomic mass is 10.0. The van der Waals surface area contributed by atoms with Gasteiger partial charge in [-0.2, -0.15) is 13.2 Å². The molecule has 0 fully saturated rings. The minimum Gasteiger partial charge on any atom is -0.503 e. The van der Waals surface area contributed by atoms with Crippen LogP contribution in [0.5, 0.6) is 0 Å². The van der Waals surface area contributed by atoms with Crippen molar-refractivity contribution in [1.29, 1.82) is 0 Å². The zero-order valence-corrected chi connectivity index (χ0v) is 21.9. The SMILES string of the molecule is C=Cc1ccc(C(F)(F)F)cc1CN(Cc1ccccc1)C(=O)O[Si](C(C)C)(C(C)C)C(C)C. The Kier molecular flexibility index (Phi) is 9.17. The topological polar surface area (TPSA) is 29.5 Å². The lowest BCUT2D eigenvalue weighted by Gasteiger charge is -2.42. The second-order valence-electron chi connectivity index (χ2n) is 9.64. The Balaban J connectivity index is 2.51. The van der Waals surface area contributed by atoms with Gasteiger partial charge in [0.25, 0.3) is 8.32 Å². The van der Waals surface area contributed by atoms with Crippen molar-refractivity contribution in [3.8, 4) is 0 Å². The molecule has 0 aliphatic carbocycles. The average molecular weight is 492 g/mol. The summed E-state index contributed by atoms with van der Waals surface area (Å²) >= 11 is 0. The van der Waals surface area contributed by atoms with Crippen LogP contribution in [-0.4, -0.2) is 19.3 Å². The summed E-state index contributed by atoms with van der Waals surface area (Å²) in [7, 11) is -2.54. The number of rotatable bonds is 9. The number of benzene rings is 2. The number of carbonyl (C=O) groups excluding carboxylic acids is 1. The lowest BCUT2D eigenvalue weighted by molar-refractivity contribution is -0.137. The normalized spacial score (nSPS) is 12.4. The largest absolute Gasteiger partial charge is 0.503 e. The van der Waals surface area contributed by atoms with Crippen molar-refractivity contribution in [2.45, 2.75) is 77.4 Å². The minimum absolute atomic E-state index is 0.0161. The van der Waals surface area contributed by atoms with Gasteiger partial charge in [-0.3, -0.25) is 0 Å². The van der Waals surface area contributed by atoms with Gasteiger partial charge in [0.2, 0.25) is 0 Å². The zero-order valence-electron chi connectivity index (χ0n) is 20.9. The van der Waals surface area contributed by atoms with E-state index >= 15 is 0 Å². The molecule has 2 rings (SSSR count). The predicted molar refractivity (Wildman–Crippen MR) is 135 cm³/mol. The van der Waals surface area contributed by atoms with Crippen molar-refractivity contribution >= 4 is 20.5 Å². The highest BCUT2D eigenvalue weighted by Crippen LogP contribution is 2.43. The first-order chi connectivity index (χ1) is 15.8. The Labute approximate surface area is 202 Å². The summed E-state index contributed by atoms with van der Waals surface area (Å²) in [5, 5.41) is 0. The van der Waals surface area contributed by atoms with Crippen molar-refractivity contribution in [1.82, 2.24) is 4.90 Å². The Bertz CT molecular complexity index is 950. The molecule has 3 nitrogen and oxygen atoms in total. The molecule has 0 aromatic heterocycles. The maximum absolute atomic E-state index is 13.7. The molecular formula is C27H36F3NO2Si. The van der Waals surface area contributed by atoms with Gasteiger partial charge in [-0.15, -0.1) is 0 Å². The smallest absolute Gasteiger partial charge is 0.416 e. The van der Waals surface area contributed by atoms with Crippen LogP contribution in [0, 0.1) is 0 Å². The maximum Gasteiger partial charge on any atom is 0.416 e. The third kappa shape index (κ3) is 6.32. The van der Waals surface area contributed by atoms with Crippen molar-refractivity contribution in [2.75, 3.05) is 0 Å². The van der Waals surface area contributed by atoms with Crippen molar-refractivity contribution in [2.24, 2.45) is 0 Å². The summed E-state index contributed by atoms with van der Waals surface area (Å²) in [6, 6.07) is 12.9. The third-order valence-corrected chi connectivity index (χ3v) is 12.4. The molecule has 7 heteroatoms. The molecule has 0 saturated heterocycles. The summed E-state index contributed by atoms with van der Waals surface area (Å²) in [6.07, 6.45) is -3.45. The molecule has 0 bridgehead atoms. The van der Waals surface area contributed by atoms with Crippen LogP contribution in [0.1, 0.15) is 63.8 Å². The van der Waals surface area contributed by atoms with Gasteiger partial charge in [0.1, 0.15) is 0 Å². The molecule has 0 saturated carbocycles. The summed E-state index contributed by atoms with van der Waals surface area (Å²) in [4.78, 5) is 15.2. The van der Waals surface area contributed by atoms with E-state index in [1.807, 2.05) is 30.3 Å². The zero-order chi connectivity index (χ0) is 25.7. The number of halogens is 3. The molecule has 0 unspecified atom stereocenters. The van der Waals surface area contributed by atoms with E-state index in [0.717, 1.165) is 17.7 Å². The van der Waals surface area contributed by atoms with Crippen molar-refractivity contribution in [3.05, 3.63) is 77.4 Å². The first-order valence-electron chi connectivity index (χ1n) is 11.7. The van der Waals surface area contributed by atoms with Crippen LogP contribution in [0.4, 0.5) is 18.0 Å². The fourth-order valence-electron chi connectivity index (χ4n) is 4.88. The van der Waals surface area contributed by atoms with E-state index in [-0.39, 0.29) is 29.7 Å². The van der Waals surface area contributed by atoms with Gasteiger partial charge < -0.3 is 9.33 Å². The highest BCUT2D eigenvalue weighted by atomic mass is 28.4. The molecule has 1 amide bonds. The molecule has 0 heterocycles. The van der Waals surface area contributed by atoms with Gasteiger partial charge in [0, 0.05) is 13.1 Å². The van der Waals surface area contributed by atoms with E-state index in [2.05, 4.69) is 48.1 Å². The molecule has 0 aliphatic heterocycles. The molecule has 34 heavy (non-hydrogen) atoms. The van der Waals surface area contributed by atoms with Crippen molar-refractivity contribution in [3.63, 3.8) is 0 Å². The highest BCUT2D eigenvalue weighted by Gasteiger charge is 2.49. The highest BCUT2D eigenvalue weighted by molar-refractivity contribution is 6.78. The summed E-state index contributed by atoms with van der Waals surface area (Å²) in [5.41, 5.74) is 1.61. The Morgan fingerprint density at radius 2 is 1.53 bits per heavy atom. The van der Waals surface area contributed by atoms with Gasteiger partial charge in [-0.1, -0.05) is 90.6 Å². The van der Waals surface area contributed by atoms with Gasteiger partial charge in [0.05, 0.1) is 5.56 Å². The van der Waals surface area contributed by atoms with Gasteiger partial charge in [-0.05, 0) is 45.4 Å². The summed E-state index contributed by atoms with van der Waals surface area (Å²) in [5.74, 6) is 0. The summed E-state index contributed by atoms with van der Waals surface area (Å²) < 4.78 is 46.6. The standard InChI is InChI=1S/C27H36F3NO2Si/c1-8-23-14-15-25(27(28,29)30)16-24(23)18-31(17-22-12-10-9-11-13-22)26(32)33-34(19(2)3,20(4)5)21(6)7/h8-16,19-21H,1,17-18H2,2-7H3. The predicted octanol–water partition coefficient (Wildman–Crippen LogP) is 8.66. The van der Waals surface area contributed by atoms with E-state index in [0.29, 0.717) is 11.1 Å². The number of alkyl halides is 3. The number of amides is 1. The van der Waals surface area contributed by atoms with Gasteiger partial charge in [0.15, 0.2) is 0 Å². The molecule has 186 valence electrons. The Morgan fingerprint density at radius 3 is 2.00 bits per heavy atom. The van der Waals surface area contributed by atoms with E-state index in [9.17, 15) is 18.0 Å². The fraction of sp³-hybridized carbons (Fsp3) is 0.444. The second-order valence-corrected chi connectivity index (χ2v) is 15.0. The van der Waals surface area contributed by atoms with E-state index < -0.39 is 26.2 Å². The maximum atomic E-state index is 13.7. The van der Waals surface area contributed by atoms with Gasteiger partial charge >= 0.3 is 12.3 Å². The molecular weight excluding hydrogens is 455 g/mol. The summed E-state index contributed by atoms with van der Waals surface area (Å²) in [6.45, 7) is 16.5. The van der Waals surface area contributed by atoms with Gasteiger partial charge in [-0.25, -0.2) is 4.79 Å². The first kappa shape index (κ1) is 27.7. The number of hydrogen-bond acceptors (Lipinski definition) is 2. The number of nitrogens with zero attached hydrogens (tertiary/aromatic N) is 1. The van der Waals surface area contributed by atoms with Crippen LogP contribution in [0.3, 0.4) is 0 Å². The van der Waals surface area contributed by atoms with Crippen LogP contribution in [0.2, 0.25) is 16.6 Å². The molecule has 2 aromatic carbocycles. The van der Waals surface area contributed by atoms with Crippen LogP contribution >= 0.6 is 0 Å². The quantitative estimate of drug-likeness (QED) is 0.328. The van der Waals surface area contributed by atoms with Crippen molar-refractivity contribution < 1.29 is 22.4 Å². The molecule has 0 N–H and O–H groups in total. The fourth-order valence-corrected chi connectivity index (χ4v) is 10.0.